The first kappa shape index (κ1) is 29.3. The van der Waals surface area contributed by atoms with E-state index in [0.29, 0.717) is 0 Å². The molecule has 0 fully saturated rings. The smallest absolute Gasteiger partial charge is 0.0540 e. The molecule has 9 rings (SSSR count). The molecule has 232 valence electrons. The predicted octanol–water partition coefficient (Wildman–Crippen LogP) is 14.0. The van der Waals surface area contributed by atoms with Crippen LogP contribution in [0.3, 0.4) is 0 Å². The first-order valence-electron chi connectivity index (χ1n) is 16.5. The average molecular weight is 692 g/mol. The molecule has 3 heteroatoms. The summed E-state index contributed by atoms with van der Waals surface area (Å²) in [7, 11) is 0. The molecule has 0 amide bonds. The zero-order valence-electron chi connectivity index (χ0n) is 26.7. The lowest BCUT2D eigenvalue weighted by atomic mass is 10.0. The molecule has 0 N–H and O–H groups in total. The molecule has 0 atom stereocenters. The van der Waals surface area contributed by atoms with Gasteiger partial charge < -0.3 is 9.80 Å². The number of nitrogens with zero attached hydrogens (tertiary/aromatic N) is 2. The Kier molecular flexibility index (Phi) is 7.33. The van der Waals surface area contributed by atoms with Crippen molar-refractivity contribution in [3.63, 3.8) is 0 Å². The summed E-state index contributed by atoms with van der Waals surface area (Å²) in [5.74, 6) is 0. The number of anilines is 6. The van der Waals surface area contributed by atoms with Crippen molar-refractivity contribution in [2.24, 2.45) is 0 Å². The molecule has 9 aromatic rings. The van der Waals surface area contributed by atoms with Gasteiger partial charge in [-0.1, -0.05) is 149 Å². The van der Waals surface area contributed by atoms with Crippen molar-refractivity contribution in [2.75, 3.05) is 9.80 Å². The van der Waals surface area contributed by atoms with Gasteiger partial charge in [0.1, 0.15) is 0 Å². The predicted molar refractivity (Wildman–Crippen MR) is 214 cm³/mol. The molecule has 0 radical (unpaired) electrons. The summed E-state index contributed by atoms with van der Waals surface area (Å²) in [5.41, 5.74) is 6.56. The van der Waals surface area contributed by atoms with Crippen molar-refractivity contribution in [3.8, 4) is 0 Å². The second-order valence-electron chi connectivity index (χ2n) is 12.4. The van der Waals surface area contributed by atoms with E-state index in [1.54, 1.807) is 0 Å². The van der Waals surface area contributed by atoms with Crippen LogP contribution in [-0.2, 0) is 0 Å². The molecule has 0 aliphatic carbocycles. The van der Waals surface area contributed by atoms with Crippen molar-refractivity contribution in [1.29, 1.82) is 0 Å². The maximum Gasteiger partial charge on any atom is 0.0540 e. The Labute approximate surface area is 294 Å². The van der Waals surface area contributed by atoms with Gasteiger partial charge in [0, 0.05) is 38.0 Å². The van der Waals surface area contributed by atoms with E-state index >= 15 is 0 Å². The molecule has 0 saturated carbocycles. The summed E-state index contributed by atoms with van der Waals surface area (Å²) >= 11 is 3.97. The normalized spacial score (nSPS) is 11.4. The van der Waals surface area contributed by atoms with Crippen LogP contribution in [0.15, 0.2) is 193 Å². The highest BCUT2D eigenvalue weighted by atomic mass is 79.9. The van der Waals surface area contributed by atoms with Gasteiger partial charge in [-0.25, -0.2) is 0 Å². The molecule has 0 saturated heterocycles. The number of rotatable bonds is 6. The van der Waals surface area contributed by atoms with Crippen LogP contribution >= 0.6 is 15.9 Å². The van der Waals surface area contributed by atoms with E-state index in [-0.39, 0.29) is 0 Å². The fourth-order valence-electron chi connectivity index (χ4n) is 7.11. The highest BCUT2D eigenvalue weighted by molar-refractivity contribution is 9.10. The Morgan fingerprint density at radius 3 is 1.14 bits per heavy atom. The fraction of sp³-hybridized carbons (Fsp3) is 0. The average Bonchev–Trinajstić information content (AvgIpc) is 3.15. The van der Waals surface area contributed by atoms with Gasteiger partial charge in [0.2, 0.25) is 0 Å². The first-order chi connectivity index (χ1) is 24.2. The van der Waals surface area contributed by atoms with Crippen molar-refractivity contribution < 1.29 is 0 Å². The Bertz CT molecular complexity index is 2470. The van der Waals surface area contributed by atoms with Crippen molar-refractivity contribution in [3.05, 3.63) is 193 Å². The molecule has 0 bridgehead atoms. The Morgan fingerprint density at radius 1 is 0.286 bits per heavy atom. The van der Waals surface area contributed by atoms with Crippen LogP contribution in [-0.4, -0.2) is 0 Å². The zero-order chi connectivity index (χ0) is 32.7. The largest absolute Gasteiger partial charge is 0.310 e. The number of halogens is 1. The summed E-state index contributed by atoms with van der Waals surface area (Å²) in [6.07, 6.45) is 0. The third kappa shape index (κ3) is 5.39. The molecule has 0 aliphatic heterocycles. The molecular formula is C46H31BrN2. The van der Waals surface area contributed by atoms with Gasteiger partial charge in [0.05, 0.1) is 11.4 Å². The fourth-order valence-corrected chi connectivity index (χ4v) is 7.58. The maximum atomic E-state index is 3.97. The minimum absolute atomic E-state index is 0.997. The van der Waals surface area contributed by atoms with E-state index < -0.39 is 0 Å². The molecule has 0 heterocycles. The topological polar surface area (TPSA) is 6.48 Å². The second-order valence-corrected chi connectivity index (χ2v) is 13.3. The van der Waals surface area contributed by atoms with Gasteiger partial charge in [-0.3, -0.25) is 0 Å². The Hall–Kier alpha value is -5.90. The third-order valence-electron chi connectivity index (χ3n) is 9.38. The zero-order valence-corrected chi connectivity index (χ0v) is 28.3. The SMILES string of the molecule is Brc1cc(N(c2ccc3ccccc3c2)c2cccc3ccccc23)cc(N(c2ccc3ccccc3c2)c2cccc3ccccc23)c1. The molecule has 9 aromatic carbocycles. The lowest BCUT2D eigenvalue weighted by molar-refractivity contribution is 1.26. The first-order valence-corrected chi connectivity index (χ1v) is 17.3. The third-order valence-corrected chi connectivity index (χ3v) is 9.84. The van der Waals surface area contributed by atoms with Gasteiger partial charge in [-0.15, -0.1) is 0 Å². The highest BCUT2D eigenvalue weighted by Crippen LogP contribution is 2.46. The van der Waals surface area contributed by atoms with Crippen LogP contribution in [0.1, 0.15) is 0 Å². The minimum atomic E-state index is 0.997. The molecule has 49 heavy (non-hydrogen) atoms. The van der Waals surface area contributed by atoms with Gasteiger partial charge in [0.25, 0.3) is 0 Å². The van der Waals surface area contributed by atoms with Crippen LogP contribution in [0.2, 0.25) is 0 Å². The number of fused-ring (bicyclic) bond motifs is 4. The second kappa shape index (κ2) is 12.3. The van der Waals surface area contributed by atoms with Gasteiger partial charge in [0.15, 0.2) is 0 Å². The highest BCUT2D eigenvalue weighted by Gasteiger charge is 2.21. The number of benzene rings is 9. The number of hydrogen-bond acceptors (Lipinski definition) is 2. The van der Waals surface area contributed by atoms with Crippen molar-refractivity contribution in [1.82, 2.24) is 0 Å². The van der Waals surface area contributed by atoms with Crippen LogP contribution < -0.4 is 9.80 Å². The van der Waals surface area contributed by atoms with E-state index in [9.17, 15) is 0 Å². The van der Waals surface area contributed by atoms with Crippen LogP contribution in [0.25, 0.3) is 43.1 Å². The maximum absolute atomic E-state index is 3.97. The molecule has 2 nitrogen and oxygen atoms in total. The van der Waals surface area contributed by atoms with Gasteiger partial charge >= 0.3 is 0 Å². The van der Waals surface area contributed by atoms with Crippen LogP contribution in [0.4, 0.5) is 34.1 Å². The molecule has 0 aromatic heterocycles. The molecule has 0 unspecified atom stereocenters. The summed E-state index contributed by atoms with van der Waals surface area (Å²) in [5, 5.41) is 9.64. The van der Waals surface area contributed by atoms with Crippen molar-refractivity contribution >= 4 is 93.1 Å². The lowest BCUT2D eigenvalue weighted by Crippen LogP contribution is -2.14. The minimum Gasteiger partial charge on any atom is -0.310 e. The van der Waals surface area contributed by atoms with Crippen LogP contribution in [0, 0.1) is 0 Å². The monoisotopic (exact) mass is 690 g/mol. The molecule has 0 spiro atoms. The van der Waals surface area contributed by atoms with Crippen molar-refractivity contribution in [2.45, 2.75) is 0 Å². The number of hydrogen-bond donors (Lipinski definition) is 0. The summed E-state index contributed by atoms with van der Waals surface area (Å²) < 4.78 is 0.997. The van der Waals surface area contributed by atoms with E-state index in [4.69, 9.17) is 0 Å². The summed E-state index contributed by atoms with van der Waals surface area (Å²) in [4.78, 5) is 4.79. The summed E-state index contributed by atoms with van der Waals surface area (Å²) in [6, 6.07) is 67.8. The molecular weight excluding hydrogens is 660 g/mol. The van der Waals surface area contributed by atoms with Crippen LogP contribution in [0.5, 0.6) is 0 Å². The van der Waals surface area contributed by atoms with E-state index in [1.165, 1.54) is 43.1 Å². The standard InChI is InChI=1S/C46H31BrN2/c47-38-29-41(48(39-25-23-32-11-1-3-15-36(32)27-39)45-21-9-17-34-13-5-7-19-43(34)45)31-42(30-38)49(40-26-24-33-12-2-4-16-37(33)28-40)46-22-10-18-35-14-6-8-20-44(35)46/h1-31H. The van der Waals surface area contributed by atoms with E-state index in [2.05, 4.69) is 214 Å². The quantitative estimate of drug-likeness (QED) is 0.171. The Balaban J connectivity index is 1.31. The van der Waals surface area contributed by atoms with Gasteiger partial charge in [-0.05, 0) is 86.9 Å². The summed E-state index contributed by atoms with van der Waals surface area (Å²) in [6.45, 7) is 0. The van der Waals surface area contributed by atoms with E-state index in [1.807, 2.05) is 0 Å². The Morgan fingerprint density at radius 2 is 0.673 bits per heavy atom. The van der Waals surface area contributed by atoms with Gasteiger partial charge in [-0.2, -0.15) is 0 Å². The molecule has 0 aliphatic rings. The lowest BCUT2D eigenvalue weighted by Gasteiger charge is -2.31. The van der Waals surface area contributed by atoms with E-state index in [0.717, 1.165) is 38.6 Å².